The van der Waals surface area contributed by atoms with Gasteiger partial charge >= 0.3 is 5.97 Å². The Hall–Kier alpha value is -1.89. The Morgan fingerprint density at radius 1 is 1.36 bits per heavy atom. The maximum atomic E-state index is 12.9. The molecule has 2 heterocycles. The summed E-state index contributed by atoms with van der Waals surface area (Å²) < 4.78 is 12.4. The molecule has 0 bridgehead atoms. The molecule has 4 rings (SSSR count). The van der Waals surface area contributed by atoms with Gasteiger partial charge in [-0.05, 0) is 31.2 Å². The molecule has 1 unspecified atom stereocenters. The number of nitrogens with one attached hydrogen (secondary N) is 1. The fourth-order valence-electron chi connectivity index (χ4n) is 3.02. The first-order chi connectivity index (χ1) is 12.0. The monoisotopic (exact) mass is 420 g/mol. The number of benzene rings is 2. The van der Waals surface area contributed by atoms with Gasteiger partial charge in [-0.1, -0.05) is 39.7 Å². The summed E-state index contributed by atoms with van der Waals surface area (Å²) in [5.74, 6) is -0.441. The number of carbonyl (C=O) groups excluding carboxylic acids is 1. The van der Waals surface area contributed by atoms with E-state index in [0.717, 1.165) is 10.0 Å². The van der Waals surface area contributed by atoms with Gasteiger partial charge in [0, 0.05) is 15.4 Å². The molecule has 1 fully saturated rings. The van der Waals surface area contributed by atoms with Gasteiger partial charge in [0.1, 0.15) is 6.10 Å². The average molecular weight is 422 g/mol. The molecule has 25 heavy (non-hydrogen) atoms. The normalized spacial score (nSPS) is 22.6. The second-order valence-corrected chi connectivity index (χ2v) is 7.32. The van der Waals surface area contributed by atoms with Gasteiger partial charge in [-0.25, -0.2) is 4.79 Å². The topological polar surface area (TPSA) is 64.2 Å². The van der Waals surface area contributed by atoms with Gasteiger partial charge in [0.05, 0.1) is 28.9 Å². The van der Waals surface area contributed by atoms with E-state index >= 15 is 0 Å². The minimum Gasteiger partial charge on any atom is -0.445 e. The molecular weight excluding hydrogens is 408 g/mol. The molecule has 0 spiro atoms. The minimum absolute atomic E-state index is 0.234. The molecule has 0 amide bonds. The van der Waals surface area contributed by atoms with Crippen LogP contribution in [0, 0.1) is 0 Å². The van der Waals surface area contributed by atoms with E-state index in [4.69, 9.17) is 21.1 Å². The van der Waals surface area contributed by atoms with Gasteiger partial charge in [0.25, 0.3) is 0 Å². The average Bonchev–Trinajstić information content (AvgIpc) is 3.10. The van der Waals surface area contributed by atoms with Crippen LogP contribution < -0.4 is 0 Å². The van der Waals surface area contributed by atoms with Crippen molar-refractivity contribution < 1.29 is 14.3 Å². The highest BCUT2D eigenvalue weighted by Crippen LogP contribution is 2.41. The van der Waals surface area contributed by atoms with Crippen molar-refractivity contribution in [3.8, 4) is 0 Å². The molecule has 3 aromatic rings. The van der Waals surface area contributed by atoms with Gasteiger partial charge in [0.15, 0.2) is 5.60 Å². The largest absolute Gasteiger partial charge is 0.445 e. The zero-order valence-corrected chi connectivity index (χ0v) is 15.6. The Labute approximate surface area is 157 Å². The van der Waals surface area contributed by atoms with Crippen molar-refractivity contribution in [2.24, 2.45) is 0 Å². The van der Waals surface area contributed by atoms with Crippen LogP contribution in [0.3, 0.4) is 0 Å². The van der Waals surface area contributed by atoms with Gasteiger partial charge in [-0.15, -0.1) is 0 Å². The van der Waals surface area contributed by atoms with E-state index in [1.54, 1.807) is 18.3 Å². The lowest BCUT2D eigenvalue weighted by molar-refractivity contribution is -0.236. The highest BCUT2D eigenvalue weighted by molar-refractivity contribution is 9.10. The Balaban J connectivity index is 1.71. The Bertz CT molecular complexity index is 957. The molecule has 0 aliphatic carbocycles. The lowest BCUT2D eigenvalue weighted by Gasteiger charge is -2.46. The van der Waals surface area contributed by atoms with Crippen molar-refractivity contribution in [3.63, 3.8) is 0 Å². The summed E-state index contributed by atoms with van der Waals surface area (Å²) in [4.78, 5) is 12.9. The Morgan fingerprint density at radius 3 is 2.76 bits per heavy atom. The maximum Gasteiger partial charge on any atom is 0.341 e. The standard InChI is InChI=1S/C18H14BrClN2O3/c1-10-18(9-24-10,11-2-4-12(19)5-3-11)25-17(23)13-6-7-15(20)14-8-21-22-16(13)14/h2-8,10H,9H2,1H3,(H,21,22)/t10-,18?/m0/s1. The Morgan fingerprint density at radius 2 is 2.12 bits per heavy atom. The second kappa shape index (κ2) is 6.12. The van der Waals surface area contributed by atoms with E-state index in [1.165, 1.54) is 0 Å². The third kappa shape index (κ3) is 2.65. The summed E-state index contributed by atoms with van der Waals surface area (Å²) in [5.41, 5.74) is 1.06. The summed E-state index contributed by atoms with van der Waals surface area (Å²) in [7, 11) is 0. The molecule has 1 saturated heterocycles. The summed E-state index contributed by atoms with van der Waals surface area (Å²) >= 11 is 9.57. The van der Waals surface area contributed by atoms with E-state index in [0.29, 0.717) is 28.1 Å². The van der Waals surface area contributed by atoms with Crippen LogP contribution in [-0.2, 0) is 15.1 Å². The summed E-state index contributed by atoms with van der Waals surface area (Å²) in [5, 5.41) is 8.01. The SMILES string of the molecule is C[C@@H]1OCC1(OC(=O)c1ccc(Cl)c2cn[nH]c12)c1ccc(Br)cc1. The van der Waals surface area contributed by atoms with Crippen molar-refractivity contribution >= 4 is 44.4 Å². The number of fused-ring (bicyclic) bond motifs is 1. The van der Waals surface area contributed by atoms with Gasteiger partial charge in [-0.2, -0.15) is 5.10 Å². The van der Waals surface area contributed by atoms with Crippen molar-refractivity contribution in [1.29, 1.82) is 0 Å². The molecule has 2 atom stereocenters. The van der Waals surface area contributed by atoms with E-state index < -0.39 is 11.6 Å². The number of rotatable bonds is 3. The predicted octanol–water partition coefficient (Wildman–Crippen LogP) is 4.45. The number of hydrogen-bond acceptors (Lipinski definition) is 4. The molecule has 128 valence electrons. The van der Waals surface area contributed by atoms with Crippen LogP contribution in [-0.4, -0.2) is 28.9 Å². The third-order valence-electron chi connectivity index (χ3n) is 4.59. The van der Waals surface area contributed by atoms with Crippen molar-refractivity contribution in [2.75, 3.05) is 6.61 Å². The number of ether oxygens (including phenoxy) is 2. The number of nitrogens with zero attached hydrogens (tertiary/aromatic N) is 1. The van der Waals surface area contributed by atoms with Crippen LogP contribution >= 0.6 is 27.5 Å². The molecule has 1 N–H and O–H groups in total. The molecule has 1 aliphatic heterocycles. The van der Waals surface area contributed by atoms with Gasteiger partial charge in [-0.3, -0.25) is 5.10 Å². The molecule has 2 aromatic carbocycles. The highest BCUT2D eigenvalue weighted by Gasteiger charge is 2.51. The number of aromatic amines is 1. The van der Waals surface area contributed by atoms with Crippen LogP contribution in [0.2, 0.25) is 5.02 Å². The number of esters is 1. The van der Waals surface area contributed by atoms with Crippen molar-refractivity contribution in [2.45, 2.75) is 18.6 Å². The van der Waals surface area contributed by atoms with Crippen molar-refractivity contribution in [1.82, 2.24) is 10.2 Å². The number of hydrogen-bond donors (Lipinski definition) is 1. The summed E-state index contributed by atoms with van der Waals surface area (Å²) in [6.07, 6.45) is 1.36. The molecule has 1 aliphatic rings. The zero-order chi connectivity index (χ0) is 17.6. The first-order valence-electron chi connectivity index (χ1n) is 7.74. The van der Waals surface area contributed by atoms with Crippen LogP contribution in [0.25, 0.3) is 10.9 Å². The highest BCUT2D eigenvalue weighted by atomic mass is 79.9. The molecule has 0 radical (unpaired) electrons. The molecule has 5 nitrogen and oxygen atoms in total. The fraction of sp³-hybridized carbons (Fsp3) is 0.222. The second-order valence-electron chi connectivity index (χ2n) is 5.99. The van der Waals surface area contributed by atoms with Crippen molar-refractivity contribution in [3.05, 3.63) is 63.2 Å². The van der Waals surface area contributed by atoms with Gasteiger partial charge in [0.2, 0.25) is 0 Å². The summed E-state index contributed by atoms with van der Waals surface area (Å²) in [6, 6.07) is 11.0. The zero-order valence-electron chi connectivity index (χ0n) is 13.3. The van der Waals surface area contributed by atoms with Crippen LogP contribution in [0.5, 0.6) is 0 Å². The van der Waals surface area contributed by atoms with Gasteiger partial charge < -0.3 is 9.47 Å². The number of halogens is 2. The lowest BCUT2D eigenvalue weighted by Crippen LogP contribution is -2.56. The van der Waals surface area contributed by atoms with Crippen LogP contribution in [0.1, 0.15) is 22.8 Å². The number of aromatic nitrogens is 2. The third-order valence-corrected chi connectivity index (χ3v) is 5.45. The molecular formula is C18H14BrClN2O3. The first-order valence-corrected chi connectivity index (χ1v) is 8.91. The van der Waals surface area contributed by atoms with E-state index in [1.807, 2.05) is 31.2 Å². The lowest BCUT2D eigenvalue weighted by atomic mass is 9.85. The van der Waals surface area contributed by atoms with Crippen LogP contribution in [0.15, 0.2) is 47.1 Å². The smallest absolute Gasteiger partial charge is 0.341 e. The minimum atomic E-state index is -0.802. The molecule has 1 aromatic heterocycles. The number of H-pyrrole nitrogens is 1. The van der Waals surface area contributed by atoms with E-state index in [9.17, 15) is 4.79 Å². The summed E-state index contributed by atoms with van der Waals surface area (Å²) in [6.45, 7) is 2.22. The van der Waals surface area contributed by atoms with Crippen LogP contribution in [0.4, 0.5) is 0 Å². The predicted molar refractivity (Wildman–Crippen MR) is 97.8 cm³/mol. The quantitative estimate of drug-likeness (QED) is 0.635. The van der Waals surface area contributed by atoms with E-state index in [2.05, 4.69) is 26.1 Å². The fourth-order valence-corrected chi connectivity index (χ4v) is 3.49. The molecule has 7 heteroatoms. The number of carbonyl (C=O) groups is 1. The molecule has 0 saturated carbocycles. The Kier molecular flexibility index (Phi) is 4.06. The first kappa shape index (κ1) is 16.6. The van der Waals surface area contributed by atoms with E-state index in [-0.39, 0.29) is 6.10 Å². The maximum absolute atomic E-state index is 12.9.